The van der Waals surface area contributed by atoms with Gasteiger partial charge in [-0.3, -0.25) is 14.2 Å². The second-order valence-electron chi connectivity index (χ2n) is 10.7. The molecule has 0 bridgehead atoms. The molecule has 0 saturated heterocycles. The van der Waals surface area contributed by atoms with E-state index in [0.29, 0.717) is 58.0 Å². The molecule has 0 saturated carbocycles. The van der Waals surface area contributed by atoms with Crippen LogP contribution in [-0.4, -0.2) is 21.9 Å². The number of ketones is 1. The van der Waals surface area contributed by atoms with Gasteiger partial charge in [0.05, 0.1) is 23.6 Å². The Kier molecular flexibility index (Phi) is 6.82. The topological polar surface area (TPSA) is 61.2 Å². The second kappa shape index (κ2) is 9.92. The molecule has 0 spiro atoms. The first-order valence-corrected chi connectivity index (χ1v) is 13.6. The fourth-order valence-corrected chi connectivity index (χ4v) is 5.66. The maximum atomic E-state index is 14.2. The fourth-order valence-electron chi connectivity index (χ4n) is 4.69. The zero-order valence-corrected chi connectivity index (χ0v) is 22.9. The molecule has 7 heteroatoms. The molecule has 5 nitrogen and oxygen atoms in total. The summed E-state index contributed by atoms with van der Waals surface area (Å²) in [4.78, 5) is 32.3. The molecule has 190 valence electrons. The van der Waals surface area contributed by atoms with Gasteiger partial charge in [0, 0.05) is 33.6 Å². The number of hydrogen-bond donors (Lipinski definition) is 0. The molecule has 0 amide bonds. The van der Waals surface area contributed by atoms with E-state index in [1.54, 1.807) is 10.6 Å². The summed E-state index contributed by atoms with van der Waals surface area (Å²) < 4.78 is 7.81. The number of aromatic nitrogens is 2. The molecular formula is C30H29ClN2O3S. The Morgan fingerprint density at radius 2 is 1.78 bits per heavy atom. The number of halogens is 1. The van der Waals surface area contributed by atoms with Gasteiger partial charge in [-0.25, -0.2) is 4.98 Å². The molecule has 0 aliphatic heterocycles. The minimum atomic E-state index is -0.254. The molecular weight excluding hydrogens is 504 g/mol. The quantitative estimate of drug-likeness (QED) is 0.258. The van der Waals surface area contributed by atoms with Crippen molar-refractivity contribution in [1.29, 1.82) is 0 Å². The van der Waals surface area contributed by atoms with Gasteiger partial charge in [0.25, 0.3) is 5.56 Å². The number of pyridine rings is 1. The van der Waals surface area contributed by atoms with Crippen molar-refractivity contribution in [2.45, 2.75) is 40.5 Å². The first-order chi connectivity index (χ1) is 17.6. The molecule has 0 atom stereocenters. The van der Waals surface area contributed by atoms with Crippen LogP contribution in [0.25, 0.3) is 27.5 Å². The molecule has 0 N–H and O–H groups in total. The lowest BCUT2D eigenvalue weighted by Crippen LogP contribution is -2.35. The highest BCUT2D eigenvalue weighted by Crippen LogP contribution is 2.38. The zero-order chi connectivity index (χ0) is 26.3. The molecule has 0 fully saturated rings. The maximum Gasteiger partial charge on any atom is 0.265 e. The molecule has 2 aromatic carbocycles. The zero-order valence-electron chi connectivity index (χ0n) is 21.4. The van der Waals surface area contributed by atoms with E-state index in [4.69, 9.17) is 21.3 Å². The van der Waals surface area contributed by atoms with Gasteiger partial charge in [0.15, 0.2) is 5.78 Å². The Morgan fingerprint density at radius 3 is 2.51 bits per heavy atom. The van der Waals surface area contributed by atoms with Gasteiger partial charge in [-0.05, 0) is 48.1 Å². The van der Waals surface area contributed by atoms with Gasteiger partial charge in [0.1, 0.15) is 10.8 Å². The van der Waals surface area contributed by atoms with Crippen LogP contribution >= 0.6 is 22.9 Å². The largest absolute Gasteiger partial charge is 0.491 e. The maximum absolute atomic E-state index is 14.2. The van der Waals surface area contributed by atoms with Crippen LogP contribution < -0.4 is 10.3 Å². The van der Waals surface area contributed by atoms with Crippen molar-refractivity contribution < 1.29 is 9.53 Å². The van der Waals surface area contributed by atoms with Crippen LogP contribution in [0.1, 0.15) is 50.2 Å². The van der Waals surface area contributed by atoms with Gasteiger partial charge in [-0.1, -0.05) is 63.6 Å². The molecule has 2 aromatic heterocycles. The number of benzene rings is 2. The third kappa shape index (κ3) is 5.13. The minimum Gasteiger partial charge on any atom is -0.491 e. The lowest BCUT2D eigenvalue weighted by molar-refractivity contribution is 0.0909. The Bertz CT molecular complexity index is 1530. The van der Waals surface area contributed by atoms with Crippen molar-refractivity contribution in [1.82, 2.24) is 9.55 Å². The lowest BCUT2D eigenvalue weighted by Gasteiger charge is -2.32. The number of ether oxygens (including phenoxy) is 1. The van der Waals surface area contributed by atoms with E-state index < -0.39 is 0 Å². The standard InChI is InChI=1S/C30H29ClN2O3S/c1-18(2)16-36-27-8-6-5-7-24(27)33-25-14-30(3,4)15-26(34)21(25)13-22(29(33)35)28-32-23(17-37-28)19-9-11-20(31)12-10-19/h5-13,17-18H,14-16H2,1-4H3. The molecule has 5 rings (SSSR count). The molecule has 0 unspecified atom stereocenters. The number of para-hydroxylation sites is 2. The summed E-state index contributed by atoms with van der Waals surface area (Å²) in [5, 5.41) is 3.15. The highest BCUT2D eigenvalue weighted by molar-refractivity contribution is 7.13. The van der Waals surface area contributed by atoms with Crippen LogP contribution in [0.4, 0.5) is 0 Å². The van der Waals surface area contributed by atoms with Crippen molar-refractivity contribution in [3.63, 3.8) is 0 Å². The van der Waals surface area contributed by atoms with Crippen LogP contribution in [0.2, 0.25) is 5.02 Å². The van der Waals surface area contributed by atoms with Crippen LogP contribution in [0.3, 0.4) is 0 Å². The van der Waals surface area contributed by atoms with Gasteiger partial charge in [-0.15, -0.1) is 11.3 Å². The summed E-state index contributed by atoms with van der Waals surface area (Å²) in [6.07, 6.45) is 1.03. The first kappa shape index (κ1) is 25.4. The highest BCUT2D eigenvalue weighted by atomic mass is 35.5. The number of nitrogens with zero attached hydrogens (tertiary/aromatic N) is 2. The van der Waals surface area contributed by atoms with E-state index in [2.05, 4.69) is 27.7 Å². The molecule has 4 aromatic rings. The highest BCUT2D eigenvalue weighted by Gasteiger charge is 2.35. The summed E-state index contributed by atoms with van der Waals surface area (Å²) in [5.74, 6) is 0.984. The van der Waals surface area contributed by atoms with E-state index in [9.17, 15) is 9.59 Å². The van der Waals surface area contributed by atoms with Crippen molar-refractivity contribution in [2.75, 3.05) is 6.61 Å². The predicted molar refractivity (Wildman–Crippen MR) is 150 cm³/mol. The van der Waals surface area contributed by atoms with Crippen molar-refractivity contribution in [2.24, 2.45) is 11.3 Å². The molecule has 0 radical (unpaired) electrons. The number of carbonyl (C=O) groups is 1. The summed E-state index contributed by atoms with van der Waals surface area (Å²) in [6.45, 7) is 8.82. The van der Waals surface area contributed by atoms with E-state index in [1.807, 2.05) is 53.9 Å². The van der Waals surface area contributed by atoms with Crippen LogP contribution in [0.15, 0.2) is 64.8 Å². The van der Waals surface area contributed by atoms with E-state index >= 15 is 0 Å². The van der Waals surface area contributed by atoms with Crippen LogP contribution in [0, 0.1) is 11.3 Å². The summed E-state index contributed by atoms with van der Waals surface area (Å²) in [6, 6.07) is 16.7. The first-order valence-electron chi connectivity index (χ1n) is 12.4. The summed E-state index contributed by atoms with van der Waals surface area (Å²) in [5.41, 5.74) is 3.57. The normalized spacial score (nSPS) is 14.6. The van der Waals surface area contributed by atoms with E-state index in [-0.39, 0.29) is 16.8 Å². The van der Waals surface area contributed by atoms with Crippen molar-refractivity contribution in [3.8, 4) is 33.3 Å². The van der Waals surface area contributed by atoms with E-state index in [0.717, 1.165) is 17.0 Å². The Balaban J connectivity index is 1.71. The Hall–Kier alpha value is -3.22. The van der Waals surface area contributed by atoms with Crippen LogP contribution in [0.5, 0.6) is 5.75 Å². The van der Waals surface area contributed by atoms with E-state index in [1.165, 1.54) is 11.3 Å². The number of fused-ring (bicyclic) bond motifs is 1. The molecule has 2 heterocycles. The number of Topliss-reactive ketones (excluding diaryl/α,β-unsaturated/α-hetero) is 1. The number of hydrogen-bond acceptors (Lipinski definition) is 5. The predicted octanol–water partition coefficient (Wildman–Crippen LogP) is 7.47. The second-order valence-corrected chi connectivity index (χ2v) is 12.0. The van der Waals surface area contributed by atoms with Gasteiger partial charge in [-0.2, -0.15) is 0 Å². The third-order valence-corrected chi connectivity index (χ3v) is 7.57. The van der Waals surface area contributed by atoms with Crippen molar-refractivity contribution in [3.05, 3.63) is 86.6 Å². The monoisotopic (exact) mass is 532 g/mol. The summed E-state index contributed by atoms with van der Waals surface area (Å²) >= 11 is 7.44. The lowest BCUT2D eigenvalue weighted by atomic mass is 9.75. The average Bonchev–Trinajstić information content (AvgIpc) is 3.33. The minimum absolute atomic E-state index is 0.0383. The van der Waals surface area contributed by atoms with Crippen molar-refractivity contribution >= 4 is 28.7 Å². The van der Waals surface area contributed by atoms with Gasteiger partial charge in [0.2, 0.25) is 0 Å². The summed E-state index contributed by atoms with van der Waals surface area (Å²) in [7, 11) is 0. The Labute approximate surface area is 225 Å². The van der Waals surface area contributed by atoms with Gasteiger partial charge < -0.3 is 4.74 Å². The Morgan fingerprint density at radius 1 is 1.05 bits per heavy atom. The SMILES string of the molecule is CC(C)COc1ccccc1-n1c2c(cc(-c3nc(-c4ccc(Cl)cc4)cs3)c1=O)C(=O)CC(C)(C)C2. The fraction of sp³-hybridized carbons (Fsp3) is 0.300. The molecule has 1 aliphatic carbocycles. The number of thiazole rings is 1. The smallest absolute Gasteiger partial charge is 0.265 e. The number of carbonyl (C=O) groups excluding carboxylic acids is 1. The van der Waals surface area contributed by atoms with Crippen LogP contribution in [-0.2, 0) is 6.42 Å². The third-order valence-electron chi connectivity index (χ3n) is 6.44. The number of rotatable bonds is 6. The molecule has 1 aliphatic rings. The molecule has 37 heavy (non-hydrogen) atoms. The average molecular weight is 533 g/mol. The van der Waals surface area contributed by atoms with Gasteiger partial charge >= 0.3 is 0 Å².